The summed E-state index contributed by atoms with van der Waals surface area (Å²) in [6, 6.07) is 5.03. The molecular weight excluding hydrogens is 216 g/mol. The fraction of sp³-hybridized carbons (Fsp3) is 0.385. The van der Waals surface area contributed by atoms with E-state index in [2.05, 4.69) is 0 Å². The van der Waals surface area contributed by atoms with E-state index in [1.165, 1.54) is 4.90 Å². The van der Waals surface area contributed by atoms with Gasteiger partial charge in [-0.15, -0.1) is 0 Å². The van der Waals surface area contributed by atoms with E-state index in [1.54, 1.807) is 18.2 Å². The van der Waals surface area contributed by atoms with Crippen molar-refractivity contribution in [3.05, 3.63) is 29.3 Å². The van der Waals surface area contributed by atoms with Crippen molar-refractivity contribution in [2.45, 2.75) is 25.8 Å². The third kappa shape index (κ3) is 1.37. The van der Waals surface area contributed by atoms with Crippen LogP contribution in [0.3, 0.4) is 0 Å². The lowest BCUT2D eigenvalue weighted by Gasteiger charge is -2.21. The van der Waals surface area contributed by atoms with Crippen LogP contribution in [0.1, 0.15) is 40.5 Å². The number of carbonyl (C=O) groups excluding carboxylic acids is 2. The number of anilines is 1. The van der Waals surface area contributed by atoms with Gasteiger partial charge in [-0.25, -0.2) is 0 Å². The van der Waals surface area contributed by atoms with Gasteiger partial charge in [0.05, 0.1) is 11.1 Å². The van der Waals surface area contributed by atoms with E-state index in [0.29, 0.717) is 22.7 Å². The van der Waals surface area contributed by atoms with Crippen LogP contribution >= 0.6 is 0 Å². The molecule has 1 atom stereocenters. The highest BCUT2D eigenvalue weighted by molar-refractivity contribution is 6.23. The number of nitrogens with zero attached hydrogens (tertiary/aromatic N) is 1. The Morgan fingerprint density at radius 1 is 1.29 bits per heavy atom. The molecule has 1 heterocycles. The molecule has 1 unspecified atom stereocenters. The Kier molecular flexibility index (Phi) is 2.02. The Bertz CT molecular complexity index is 520. The van der Waals surface area contributed by atoms with Gasteiger partial charge in [0.1, 0.15) is 0 Å². The van der Waals surface area contributed by atoms with Crippen molar-refractivity contribution in [2.24, 2.45) is 5.92 Å². The molecule has 2 N–H and O–H groups in total. The number of hydrogen-bond acceptors (Lipinski definition) is 3. The van der Waals surface area contributed by atoms with Crippen molar-refractivity contribution in [1.82, 2.24) is 4.90 Å². The van der Waals surface area contributed by atoms with Crippen LogP contribution in [0.5, 0.6) is 0 Å². The van der Waals surface area contributed by atoms with E-state index in [4.69, 9.17) is 5.73 Å². The third-order valence-electron chi connectivity index (χ3n) is 3.69. The molecule has 0 bridgehead atoms. The fourth-order valence-electron chi connectivity index (χ4n) is 2.49. The second-order valence-electron chi connectivity index (χ2n) is 4.83. The molecule has 2 aliphatic rings. The molecule has 17 heavy (non-hydrogen) atoms. The lowest BCUT2D eigenvalue weighted by molar-refractivity contribution is 0.0580. The second kappa shape index (κ2) is 3.32. The molecule has 1 aliphatic carbocycles. The largest absolute Gasteiger partial charge is 0.398 e. The van der Waals surface area contributed by atoms with E-state index in [1.807, 2.05) is 6.92 Å². The topological polar surface area (TPSA) is 63.4 Å². The minimum Gasteiger partial charge on any atom is -0.398 e. The van der Waals surface area contributed by atoms with Crippen molar-refractivity contribution in [2.75, 3.05) is 5.73 Å². The molecule has 2 amide bonds. The summed E-state index contributed by atoms with van der Waals surface area (Å²) >= 11 is 0. The highest BCUT2D eigenvalue weighted by atomic mass is 16.2. The zero-order valence-electron chi connectivity index (χ0n) is 9.64. The van der Waals surface area contributed by atoms with E-state index in [0.717, 1.165) is 12.8 Å². The number of amides is 2. The molecular formula is C13H14N2O2. The molecule has 1 aromatic carbocycles. The Balaban J connectivity index is 2.05. The molecule has 4 nitrogen and oxygen atoms in total. The van der Waals surface area contributed by atoms with Crippen molar-refractivity contribution in [3.8, 4) is 0 Å². The normalized spacial score (nSPS) is 20.6. The molecule has 1 saturated carbocycles. The number of rotatable bonds is 2. The van der Waals surface area contributed by atoms with Gasteiger partial charge in [-0.3, -0.25) is 14.5 Å². The Morgan fingerprint density at radius 3 is 2.59 bits per heavy atom. The van der Waals surface area contributed by atoms with Gasteiger partial charge in [0.15, 0.2) is 0 Å². The maximum atomic E-state index is 12.2. The maximum absolute atomic E-state index is 12.2. The van der Waals surface area contributed by atoms with Crippen LogP contribution in [0.15, 0.2) is 18.2 Å². The van der Waals surface area contributed by atoms with E-state index in [9.17, 15) is 9.59 Å². The van der Waals surface area contributed by atoms with Crippen LogP contribution in [0.25, 0.3) is 0 Å². The zero-order chi connectivity index (χ0) is 12.2. The van der Waals surface area contributed by atoms with Crippen LogP contribution in [0.2, 0.25) is 0 Å². The quantitative estimate of drug-likeness (QED) is 0.620. The smallest absolute Gasteiger partial charge is 0.263 e. The van der Waals surface area contributed by atoms with Crippen molar-refractivity contribution >= 4 is 17.5 Å². The number of carbonyl (C=O) groups is 2. The van der Waals surface area contributed by atoms with Crippen LogP contribution < -0.4 is 5.73 Å². The molecule has 4 heteroatoms. The van der Waals surface area contributed by atoms with Crippen molar-refractivity contribution < 1.29 is 9.59 Å². The predicted molar refractivity (Wildman–Crippen MR) is 63.5 cm³/mol. The molecule has 0 saturated heterocycles. The summed E-state index contributed by atoms with van der Waals surface area (Å²) in [6.45, 7) is 1.94. The molecule has 1 fully saturated rings. The van der Waals surface area contributed by atoms with Crippen LogP contribution in [-0.2, 0) is 0 Å². The Labute approximate surface area is 99.4 Å². The molecule has 1 aromatic rings. The molecule has 0 radical (unpaired) electrons. The van der Waals surface area contributed by atoms with Gasteiger partial charge in [0, 0.05) is 11.7 Å². The number of nitrogen functional groups attached to an aromatic ring is 1. The lowest BCUT2D eigenvalue weighted by atomic mass is 10.1. The summed E-state index contributed by atoms with van der Waals surface area (Å²) in [4.78, 5) is 25.8. The van der Waals surface area contributed by atoms with Crippen LogP contribution in [0.4, 0.5) is 5.69 Å². The third-order valence-corrected chi connectivity index (χ3v) is 3.69. The van der Waals surface area contributed by atoms with E-state index < -0.39 is 0 Å². The van der Waals surface area contributed by atoms with Crippen LogP contribution in [-0.4, -0.2) is 22.8 Å². The first-order chi connectivity index (χ1) is 8.11. The van der Waals surface area contributed by atoms with Gasteiger partial charge in [0.25, 0.3) is 11.8 Å². The molecule has 88 valence electrons. The average Bonchev–Trinajstić information content (AvgIpc) is 3.08. The van der Waals surface area contributed by atoms with Gasteiger partial charge >= 0.3 is 0 Å². The number of imide groups is 1. The highest BCUT2D eigenvalue weighted by Gasteiger charge is 2.44. The second-order valence-corrected chi connectivity index (χ2v) is 4.83. The lowest BCUT2D eigenvalue weighted by Crippen LogP contribution is -2.39. The number of nitrogens with two attached hydrogens (primary N) is 1. The highest BCUT2D eigenvalue weighted by Crippen LogP contribution is 2.39. The van der Waals surface area contributed by atoms with Gasteiger partial charge < -0.3 is 5.73 Å². The van der Waals surface area contributed by atoms with Crippen LogP contribution in [0, 0.1) is 5.92 Å². The standard InChI is InChI=1S/C13H14N2O2/c1-7(8-5-6-8)15-12(16)9-3-2-4-10(14)11(9)13(15)17/h2-4,7-8H,5-6,14H2,1H3. The van der Waals surface area contributed by atoms with Gasteiger partial charge in [-0.1, -0.05) is 6.07 Å². The van der Waals surface area contributed by atoms with E-state index >= 15 is 0 Å². The minimum atomic E-state index is -0.234. The van der Waals surface area contributed by atoms with Gasteiger partial charge in [-0.05, 0) is 37.8 Å². The summed E-state index contributed by atoms with van der Waals surface area (Å²) in [5.74, 6) is 0.0395. The average molecular weight is 230 g/mol. The molecule has 1 aliphatic heterocycles. The first-order valence-corrected chi connectivity index (χ1v) is 5.87. The molecule has 0 spiro atoms. The predicted octanol–water partition coefficient (Wildman–Crippen LogP) is 1.66. The summed E-state index contributed by atoms with van der Waals surface area (Å²) in [6.07, 6.45) is 2.20. The monoisotopic (exact) mass is 230 g/mol. The zero-order valence-corrected chi connectivity index (χ0v) is 9.64. The van der Waals surface area contributed by atoms with Crippen molar-refractivity contribution in [1.29, 1.82) is 0 Å². The minimum absolute atomic E-state index is 0.0122. The first kappa shape index (κ1) is 10.3. The SMILES string of the molecule is CC(C1CC1)N1C(=O)c2cccc(N)c2C1=O. The Morgan fingerprint density at radius 2 is 2.00 bits per heavy atom. The number of benzene rings is 1. The molecule has 0 aromatic heterocycles. The van der Waals surface area contributed by atoms with E-state index in [-0.39, 0.29) is 17.9 Å². The maximum Gasteiger partial charge on any atom is 0.263 e. The summed E-state index contributed by atoms with van der Waals surface area (Å²) in [5.41, 5.74) is 7.00. The summed E-state index contributed by atoms with van der Waals surface area (Å²) < 4.78 is 0. The van der Waals surface area contributed by atoms with Crippen molar-refractivity contribution in [3.63, 3.8) is 0 Å². The number of hydrogen-bond donors (Lipinski definition) is 1. The Hall–Kier alpha value is -1.84. The first-order valence-electron chi connectivity index (χ1n) is 5.87. The molecule has 3 rings (SSSR count). The number of fused-ring (bicyclic) bond motifs is 1. The van der Waals surface area contributed by atoms with Gasteiger partial charge in [0.2, 0.25) is 0 Å². The van der Waals surface area contributed by atoms with Gasteiger partial charge in [-0.2, -0.15) is 0 Å². The summed E-state index contributed by atoms with van der Waals surface area (Å²) in [5, 5.41) is 0. The fourth-order valence-corrected chi connectivity index (χ4v) is 2.49. The summed E-state index contributed by atoms with van der Waals surface area (Å²) in [7, 11) is 0.